The summed E-state index contributed by atoms with van der Waals surface area (Å²) in [5, 5.41) is 9.16. The summed E-state index contributed by atoms with van der Waals surface area (Å²) in [4.78, 5) is 18.6. The van der Waals surface area contributed by atoms with E-state index in [1.807, 2.05) is 27.7 Å². The molecule has 0 bridgehead atoms. The molecule has 0 aliphatic carbocycles. The minimum Gasteiger partial charge on any atom is -0.357 e. The molecule has 0 unspecified atom stereocenters. The van der Waals surface area contributed by atoms with Gasteiger partial charge in [0.25, 0.3) is 0 Å². The topological polar surface area (TPSA) is 68.8 Å². The number of carbonyl (C=O) groups excluding carboxylic acids is 1. The lowest BCUT2D eigenvalue weighted by molar-refractivity contribution is -0.121. The minimum atomic E-state index is -0.234. The SMILES string of the molecule is CCNC(=NCc1ccc(CN(C)C)cc1)NCC(=O)NC(C)(C)C. The van der Waals surface area contributed by atoms with Gasteiger partial charge >= 0.3 is 0 Å². The van der Waals surface area contributed by atoms with Crippen molar-refractivity contribution in [3.05, 3.63) is 35.4 Å². The zero-order valence-electron chi connectivity index (χ0n) is 16.4. The van der Waals surface area contributed by atoms with Gasteiger partial charge in [0.2, 0.25) is 5.91 Å². The van der Waals surface area contributed by atoms with E-state index in [4.69, 9.17) is 0 Å². The molecule has 6 nitrogen and oxygen atoms in total. The Bertz CT molecular complexity index is 558. The summed E-state index contributed by atoms with van der Waals surface area (Å²) >= 11 is 0. The predicted octanol–water partition coefficient (Wildman–Crippen LogP) is 1.72. The van der Waals surface area contributed by atoms with E-state index in [-0.39, 0.29) is 18.0 Å². The molecule has 1 aromatic rings. The Morgan fingerprint density at radius 3 is 2.20 bits per heavy atom. The molecule has 0 fully saturated rings. The first kappa shape index (κ1) is 21.0. The average molecular weight is 348 g/mol. The third-order valence-electron chi connectivity index (χ3n) is 3.22. The summed E-state index contributed by atoms with van der Waals surface area (Å²) in [6.45, 7) is 10.3. The number of carbonyl (C=O) groups is 1. The Kier molecular flexibility index (Phi) is 8.41. The smallest absolute Gasteiger partial charge is 0.239 e. The Morgan fingerprint density at radius 1 is 1.08 bits per heavy atom. The van der Waals surface area contributed by atoms with Crippen molar-refractivity contribution in [3.63, 3.8) is 0 Å². The summed E-state index contributed by atoms with van der Waals surface area (Å²) in [5.41, 5.74) is 2.18. The number of amides is 1. The normalized spacial score (nSPS) is 12.2. The van der Waals surface area contributed by atoms with Crippen LogP contribution >= 0.6 is 0 Å². The van der Waals surface area contributed by atoms with Gasteiger partial charge in [0, 0.05) is 18.6 Å². The number of benzene rings is 1. The van der Waals surface area contributed by atoms with Crippen LogP contribution in [0.4, 0.5) is 0 Å². The maximum atomic E-state index is 11.9. The number of hydrogen-bond donors (Lipinski definition) is 3. The predicted molar refractivity (Wildman–Crippen MR) is 105 cm³/mol. The van der Waals surface area contributed by atoms with Gasteiger partial charge in [-0.25, -0.2) is 4.99 Å². The van der Waals surface area contributed by atoms with Gasteiger partial charge in [-0.2, -0.15) is 0 Å². The van der Waals surface area contributed by atoms with Crippen molar-refractivity contribution in [3.8, 4) is 0 Å². The number of nitrogens with one attached hydrogen (secondary N) is 3. The van der Waals surface area contributed by atoms with Crippen LogP contribution in [0.25, 0.3) is 0 Å². The molecule has 25 heavy (non-hydrogen) atoms. The van der Waals surface area contributed by atoms with E-state index >= 15 is 0 Å². The molecule has 0 radical (unpaired) electrons. The van der Waals surface area contributed by atoms with E-state index in [0.717, 1.165) is 18.7 Å². The highest BCUT2D eigenvalue weighted by Gasteiger charge is 2.13. The number of guanidine groups is 1. The van der Waals surface area contributed by atoms with Gasteiger partial charge in [0.1, 0.15) is 0 Å². The summed E-state index contributed by atoms with van der Waals surface area (Å²) < 4.78 is 0. The van der Waals surface area contributed by atoms with Crippen molar-refractivity contribution >= 4 is 11.9 Å². The fourth-order valence-corrected chi connectivity index (χ4v) is 2.25. The van der Waals surface area contributed by atoms with Crippen LogP contribution in [-0.2, 0) is 17.9 Å². The lowest BCUT2D eigenvalue weighted by atomic mass is 10.1. The van der Waals surface area contributed by atoms with Crippen molar-refractivity contribution < 1.29 is 4.79 Å². The molecule has 0 saturated carbocycles. The van der Waals surface area contributed by atoms with Gasteiger partial charge in [0.05, 0.1) is 13.1 Å². The Morgan fingerprint density at radius 2 is 1.68 bits per heavy atom. The van der Waals surface area contributed by atoms with Crippen LogP contribution in [0.2, 0.25) is 0 Å². The fraction of sp³-hybridized carbons (Fsp3) is 0.579. The van der Waals surface area contributed by atoms with Gasteiger partial charge in [-0.05, 0) is 52.9 Å². The molecule has 3 N–H and O–H groups in total. The fourth-order valence-electron chi connectivity index (χ4n) is 2.25. The van der Waals surface area contributed by atoms with E-state index < -0.39 is 0 Å². The second kappa shape index (κ2) is 10.0. The van der Waals surface area contributed by atoms with Crippen LogP contribution in [0.3, 0.4) is 0 Å². The molecule has 0 aromatic heterocycles. The monoisotopic (exact) mass is 347 g/mol. The lowest BCUT2D eigenvalue weighted by Crippen LogP contribution is -2.48. The second-order valence-electron chi connectivity index (χ2n) is 7.40. The number of aliphatic imine (C=N–C) groups is 1. The molecule has 0 spiro atoms. The van der Waals surface area contributed by atoms with Crippen LogP contribution in [0.5, 0.6) is 0 Å². The molecular formula is C19H33N5O. The number of rotatable bonds is 7. The second-order valence-corrected chi connectivity index (χ2v) is 7.40. The van der Waals surface area contributed by atoms with E-state index in [1.165, 1.54) is 5.56 Å². The molecule has 140 valence electrons. The molecule has 0 atom stereocenters. The van der Waals surface area contributed by atoms with Gasteiger partial charge < -0.3 is 20.9 Å². The van der Waals surface area contributed by atoms with Gasteiger partial charge in [0.15, 0.2) is 5.96 Å². The highest BCUT2D eigenvalue weighted by Crippen LogP contribution is 2.07. The zero-order valence-corrected chi connectivity index (χ0v) is 16.4. The van der Waals surface area contributed by atoms with E-state index in [1.54, 1.807) is 0 Å². The molecule has 6 heteroatoms. The Hall–Kier alpha value is -2.08. The van der Waals surface area contributed by atoms with Crippen molar-refractivity contribution in [1.29, 1.82) is 0 Å². The van der Waals surface area contributed by atoms with Crippen molar-refractivity contribution in [2.45, 2.75) is 46.3 Å². The van der Waals surface area contributed by atoms with Crippen molar-refractivity contribution in [2.24, 2.45) is 4.99 Å². The molecule has 0 aliphatic rings. The average Bonchev–Trinajstić information content (AvgIpc) is 2.49. The summed E-state index contributed by atoms with van der Waals surface area (Å²) in [6.07, 6.45) is 0. The first-order valence-electron chi connectivity index (χ1n) is 8.75. The highest BCUT2D eigenvalue weighted by molar-refractivity contribution is 5.86. The zero-order chi connectivity index (χ0) is 18.9. The van der Waals surface area contributed by atoms with Crippen LogP contribution in [-0.4, -0.2) is 49.5 Å². The van der Waals surface area contributed by atoms with Gasteiger partial charge in [-0.1, -0.05) is 24.3 Å². The quantitative estimate of drug-likeness (QED) is 0.519. The van der Waals surface area contributed by atoms with Crippen LogP contribution < -0.4 is 16.0 Å². The van der Waals surface area contributed by atoms with Crippen molar-refractivity contribution in [1.82, 2.24) is 20.9 Å². The summed E-state index contributed by atoms with van der Waals surface area (Å²) in [6, 6.07) is 8.44. The largest absolute Gasteiger partial charge is 0.357 e. The van der Waals surface area contributed by atoms with E-state index in [0.29, 0.717) is 12.5 Å². The summed E-state index contributed by atoms with van der Waals surface area (Å²) in [7, 11) is 4.12. The van der Waals surface area contributed by atoms with E-state index in [2.05, 4.69) is 64.2 Å². The molecule has 0 heterocycles. The maximum absolute atomic E-state index is 11.9. The maximum Gasteiger partial charge on any atom is 0.239 e. The third kappa shape index (κ3) is 9.72. The van der Waals surface area contributed by atoms with Crippen LogP contribution in [0.15, 0.2) is 29.3 Å². The van der Waals surface area contributed by atoms with Crippen molar-refractivity contribution in [2.75, 3.05) is 27.2 Å². The standard InChI is InChI=1S/C19H33N5O/c1-7-20-18(22-13-17(25)23-19(2,3)4)21-12-15-8-10-16(11-9-15)14-24(5)6/h8-11H,7,12-14H2,1-6H3,(H,23,25)(H2,20,21,22). The Balaban J connectivity index is 2.58. The first-order chi connectivity index (χ1) is 11.7. The molecule has 1 aromatic carbocycles. The molecular weight excluding hydrogens is 314 g/mol. The number of hydrogen-bond acceptors (Lipinski definition) is 3. The molecule has 1 amide bonds. The van der Waals surface area contributed by atoms with Crippen LogP contribution in [0, 0.1) is 0 Å². The van der Waals surface area contributed by atoms with Gasteiger partial charge in [-0.15, -0.1) is 0 Å². The third-order valence-corrected chi connectivity index (χ3v) is 3.22. The van der Waals surface area contributed by atoms with Crippen LogP contribution in [0.1, 0.15) is 38.8 Å². The summed E-state index contributed by atoms with van der Waals surface area (Å²) in [5.74, 6) is 0.593. The Labute approximate surface area is 152 Å². The lowest BCUT2D eigenvalue weighted by Gasteiger charge is -2.21. The molecule has 1 rings (SSSR count). The van der Waals surface area contributed by atoms with E-state index in [9.17, 15) is 4.79 Å². The first-order valence-corrected chi connectivity index (χ1v) is 8.75. The minimum absolute atomic E-state index is 0.0499. The number of nitrogens with zero attached hydrogens (tertiary/aromatic N) is 2. The van der Waals surface area contributed by atoms with Gasteiger partial charge in [-0.3, -0.25) is 4.79 Å². The molecule has 0 saturated heterocycles. The molecule has 0 aliphatic heterocycles. The highest BCUT2D eigenvalue weighted by atomic mass is 16.2.